The molecule has 0 atom stereocenters. The fraction of sp³-hybridized carbons (Fsp3) is 0.389. The standard InChI is InChI=1S/C18H20N2O4S2/c1-10-13(11-6-5-9-25-11)14-15(26-10)19-12(7-8-24-4)20(16(14)21)18(2,3)17(22)23/h5-6,9H,7-8H2,1-4H3,(H,22,23). The Morgan fingerprint density at radius 1 is 1.42 bits per heavy atom. The second kappa shape index (κ2) is 6.94. The summed E-state index contributed by atoms with van der Waals surface area (Å²) in [5.74, 6) is -0.653. The second-order valence-electron chi connectivity index (χ2n) is 6.47. The lowest BCUT2D eigenvalue weighted by Gasteiger charge is -2.25. The molecule has 26 heavy (non-hydrogen) atoms. The number of thiophene rings is 2. The molecule has 3 rings (SSSR count). The summed E-state index contributed by atoms with van der Waals surface area (Å²) in [5.41, 5.74) is -0.879. The molecule has 0 saturated carbocycles. The Kier molecular flexibility index (Phi) is 5.01. The number of rotatable bonds is 6. The average Bonchev–Trinajstić information content (AvgIpc) is 3.19. The van der Waals surface area contributed by atoms with E-state index in [1.165, 1.54) is 29.8 Å². The van der Waals surface area contributed by atoms with Crippen molar-refractivity contribution in [3.63, 3.8) is 0 Å². The van der Waals surface area contributed by atoms with Crippen LogP contribution in [0.25, 0.3) is 20.7 Å². The molecule has 0 aliphatic rings. The molecule has 0 fully saturated rings. The highest BCUT2D eigenvalue weighted by molar-refractivity contribution is 7.20. The van der Waals surface area contributed by atoms with Crippen LogP contribution in [0.15, 0.2) is 22.3 Å². The van der Waals surface area contributed by atoms with Gasteiger partial charge in [-0.2, -0.15) is 0 Å². The van der Waals surface area contributed by atoms with E-state index in [1.807, 2.05) is 24.4 Å². The first-order valence-corrected chi connectivity index (χ1v) is 9.80. The first kappa shape index (κ1) is 18.8. The van der Waals surface area contributed by atoms with Gasteiger partial charge in [-0.15, -0.1) is 22.7 Å². The Balaban J connectivity index is 2.39. The Bertz CT molecular complexity index is 1020. The molecule has 0 saturated heterocycles. The van der Waals surface area contributed by atoms with E-state index in [0.717, 1.165) is 15.3 Å². The Morgan fingerprint density at radius 3 is 2.73 bits per heavy atom. The predicted molar refractivity (Wildman–Crippen MR) is 104 cm³/mol. The van der Waals surface area contributed by atoms with Gasteiger partial charge in [0.1, 0.15) is 16.2 Å². The lowest BCUT2D eigenvalue weighted by Crippen LogP contribution is -2.45. The number of hydrogen-bond donors (Lipinski definition) is 1. The summed E-state index contributed by atoms with van der Waals surface area (Å²) in [5, 5.41) is 12.1. The van der Waals surface area contributed by atoms with Crippen LogP contribution in [0.1, 0.15) is 24.5 Å². The summed E-state index contributed by atoms with van der Waals surface area (Å²) in [6.07, 6.45) is 0.365. The van der Waals surface area contributed by atoms with Crippen molar-refractivity contribution in [2.24, 2.45) is 0 Å². The summed E-state index contributed by atoms with van der Waals surface area (Å²) in [6, 6.07) is 3.90. The van der Waals surface area contributed by atoms with Crippen LogP contribution in [0, 0.1) is 6.92 Å². The van der Waals surface area contributed by atoms with Crippen molar-refractivity contribution in [2.45, 2.75) is 32.7 Å². The molecule has 0 aromatic carbocycles. The normalized spacial score (nSPS) is 12.0. The summed E-state index contributed by atoms with van der Waals surface area (Å²) in [7, 11) is 1.56. The summed E-state index contributed by atoms with van der Waals surface area (Å²) < 4.78 is 6.42. The molecule has 0 aliphatic heterocycles. The van der Waals surface area contributed by atoms with Crippen molar-refractivity contribution < 1.29 is 14.6 Å². The summed E-state index contributed by atoms with van der Waals surface area (Å²) >= 11 is 3.01. The van der Waals surface area contributed by atoms with E-state index in [1.54, 1.807) is 18.4 Å². The number of aliphatic carboxylic acids is 1. The highest BCUT2D eigenvalue weighted by atomic mass is 32.1. The highest BCUT2D eigenvalue weighted by Gasteiger charge is 2.34. The summed E-state index contributed by atoms with van der Waals surface area (Å²) in [4.78, 5) is 32.5. The molecule has 6 nitrogen and oxygen atoms in total. The van der Waals surface area contributed by atoms with Crippen molar-refractivity contribution >= 4 is 38.9 Å². The number of carbonyl (C=O) groups is 1. The third kappa shape index (κ3) is 2.98. The van der Waals surface area contributed by atoms with E-state index in [0.29, 0.717) is 29.1 Å². The van der Waals surface area contributed by atoms with Gasteiger partial charge in [-0.1, -0.05) is 6.07 Å². The zero-order valence-corrected chi connectivity index (χ0v) is 16.7. The quantitative estimate of drug-likeness (QED) is 0.694. The van der Waals surface area contributed by atoms with Crippen molar-refractivity contribution in [3.05, 3.63) is 38.6 Å². The molecule has 3 aromatic heterocycles. The minimum atomic E-state index is -1.41. The van der Waals surface area contributed by atoms with Crippen LogP contribution in [-0.2, 0) is 21.5 Å². The zero-order chi connectivity index (χ0) is 19.1. The number of fused-ring (bicyclic) bond motifs is 1. The van der Waals surface area contributed by atoms with Gasteiger partial charge in [-0.3, -0.25) is 9.36 Å². The third-order valence-corrected chi connectivity index (χ3v) is 6.24. The molecule has 8 heteroatoms. The Hall–Kier alpha value is -2.03. The molecule has 0 radical (unpaired) electrons. The molecular weight excluding hydrogens is 372 g/mol. The van der Waals surface area contributed by atoms with Crippen LogP contribution < -0.4 is 5.56 Å². The van der Waals surface area contributed by atoms with Crippen molar-refractivity contribution in [1.82, 2.24) is 9.55 Å². The maximum absolute atomic E-state index is 13.4. The number of methoxy groups -OCH3 is 1. The first-order chi connectivity index (χ1) is 12.3. The Morgan fingerprint density at radius 2 is 2.15 bits per heavy atom. The monoisotopic (exact) mass is 392 g/mol. The van der Waals surface area contributed by atoms with E-state index >= 15 is 0 Å². The van der Waals surface area contributed by atoms with E-state index in [2.05, 4.69) is 4.98 Å². The number of carboxylic acids is 1. The van der Waals surface area contributed by atoms with E-state index < -0.39 is 11.5 Å². The zero-order valence-electron chi connectivity index (χ0n) is 15.0. The number of hydrogen-bond acceptors (Lipinski definition) is 6. The number of aromatic nitrogens is 2. The maximum Gasteiger partial charge on any atom is 0.329 e. The number of ether oxygens (including phenoxy) is 1. The largest absolute Gasteiger partial charge is 0.480 e. The van der Waals surface area contributed by atoms with Gasteiger partial charge in [0.15, 0.2) is 0 Å². The summed E-state index contributed by atoms with van der Waals surface area (Å²) in [6.45, 7) is 5.35. The van der Waals surface area contributed by atoms with Crippen LogP contribution in [-0.4, -0.2) is 34.3 Å². The fourth-order valence-electron chi connectivity index (χ4n) is 2.95. The topological polar surface area (TPSA) is 81.4 Å². The van der Waals surface area contributed by atoms with Gasteiger partial charge in [0.25, 0.3) is 5.56 Å². The van der Waals surface area contributed by atoms with Gasteiger partial charge in [0.05, 0.1) is 12.0 Å². The van der Waals surface area contributed by atoms with Gasteiger partial charge in [0.2, 0.25) is 0 Å². The highest BCUT2D eigenvalue weighted by Crippen LogP contribution is 2.38. The molecule has 0 amide bonds. The maximum atomic E-state index is 13.4. The Labute approximate surface area is 158 Å². The third-order valence-electron chi connectivity index (χ3n) is 4.35. The van der Waals surface area contributed by atoms with Gasteiger partial charge < -0.3 is 9.84 Å². The number of aryl methyl sites for hydroxylation is 1. The van der Waals surface area contributed by atoms with Crippen LogP contribution in [0.4, 0.5) is 0 Å². The van der Waals surface area contributed by atoms with Crippen LogP contribution >= 0.6 is 22.7 Å². The SMILES string of the molecule is COCCc1nc2sc(C)c(-c3cccs3)c2c(=O)n1C(C)(C)C(=O)O. The second-order valence-corrected chi connectivity index (χ2v) is 8.62. The molecular formula is C18H20N2O4S2. The molecule has 0 spiro atoms. The van der Waals surface area contributed by atoms with E-state index in [4.69, 9.17) is 4.74 Å². The number of carboxylic acid groups (broad SMARTS) is 1. The van der Waals surface area contributed by atoms with Gasteiger partial charge >= 0.3 is 5.97 Å². The van der Waals surface area contributed by atoms with Gasteiger partial charge in [-0.05, 0) is 32.2 Å². The molecule has 1 N–H and O–H groups in total. The van der Waals surface area contributed by atoms with Crippen molar-refractivity contribution in [3.8, 4) is 10.4 Å². The molecule has 138 valence electrons. The smallest absolute Gasteiger partial charge is 0.329 e. The van der Waals surface area contributed by atoms with Crippen molar-refractivity contribution in [1.29, 1.82) is 0 Å². The fourth-order valence-corrected chi connectivity index (χ4v) is 4.90. The minimum absolute atomic E-state index is 0.318. The van der Waals surface area contributed by atoms with Crippen molar-refractivity contribution in [2.75, 3.05) is 13.7 Å². The average molecular weight is 393 g/mol. The lowest BCUT2D eigenvalue weighted by atomic mass is 10.0. The first-order valence-electron chi connectivity index (χ1n) is 8.10. The molecule has 3 heterocycles. The van der Waals surface area contributed by atoms with Gasteiger partial charge in [0, 0.05) is 28.8 Å². The lowest BCUT2D eigenvalue weighted by molar-refractivity contribution is -0.146. The van der Waals surface area contributed by atoms with Crippen LogP contribution in [0.2, 0.25) is 0 Å². The molecule has 3 aromatic rings. The van der Waals surface area contributed by atoms with Crippen LogP contribution in [0.3, 0.4) is 0 Å². The molecule has 0 unspecified atom stereocenters. The molecule has 0 aliphatic carbocycles. The van der Waals surface area contributed by atoms with E-state index in [-0.39, 0.29) is 5.56 Å². The van der Waals surface area contributed by atoms with Crippen LogP contribution in [0.5, 0.6) is 0 Å². The van der Waals surface area contributed by atoms with Gasteiger partial charge in [-0.25, -0.2) is 9.78 Å². The minimum Gasteiger partial charge on any atom is -0.480 e. The number of nitrogens with zero attached hydrogens (tertiary/aromatic N) is 2. The van der Waals surface area contributed by atoms with E-state index in [9.17, 15) is 14.7 Å². The predicted octanol–water partition coefficient (Wildman–Crippen LogP) is 3.50. The molecule has 0 bridgehead atoms.